The van der Waals surface area contributed by atoms with Crippen molar-refractivity contribution in [3.8, 4) is 11.6 Å². The van der Waals surface area contributed by atoms with E-state index in [4.69, 9.17) is 16.0 Å². The maximum absolute atomic E-state index is 12.0. The summed E-state index contributed by atoms with van der Waals surface area (Å²) in [6, 6.07) is 9.39. The van der Waals surface area contributed by atoms with Gasteiger partial charge in [0.25, 0.3) is 5.89 Å². The number of halogens is 1. The molecular formula is C16H16ClN5O2S. The van der Waals surface area contributed by atoms with Gasteiger partial charge in [-0.25, -0.2) is 0 Å². The maximum Gasteiger partial charge on any atom is 0.322 e. The Hall–Kier alpha value is -2.32. The molecule has 0 saturated carbocycles. The number of anilines is 1. The molecule has 0 aliphatic carbocycles. The van der Waals surface area contributed by atoms with Gasteiger partial charge in [-0.15, -0.1) is 16.9 Å². The molecule has 3 rings (SSSR count). The fourth-order valence-electron chi connectivity index (χ4n) is 2.02. The van der Waals surface area contributed by atoms with Crippen molar-refractivity contribution in [2.45, 2.75) is 18.2 Å². The minimum atomic E-state index is -0.186. The average Bonchev–Trinajstić information content (AvgIpc) is 3.16. The van der Waals surface area contributed by atoms with Crippen LogP contribution in [0.25, 0.3) is 11.6 Å². The van der Waals surface area contributed by atoms with Gasteiger partial charge in [-0.2, -0.15) is 5.10 Å². The zero-order chi connectivity index (χ0) is 17.8. The summed E-state index contributed by atoms with van der Waals surface area (Å²) in [7, 11) is 1.83. The van der Waals surface area contributed by atoms with Crippen LogP contribution >= 0.6 is 23.4 Å². The lowest BCUT2D eigenvalue weighted by Gasteiger charge is -2.02. The second-order valence-corrected chi connectivity index (χ2v) is 6.91. The van der Waals surface area contributed by atoms with Crippen LogP contribution in [0.1, 0.15) is 12.1 Å². The summed E-state index contributed by atoms with van der Waals surface area (Å²) in [5.41, 5.74) is 1.55. The van der Waals surface area contributed by atoms with Crippen LogP contribution in [0.15, 0.2) is 39.6 Å². The first-order chi connectivity index (χ1) is 12.0. The summed E-state index contributed by atoms with van der Waals surface area (Å²) in [6.07, 6.45) is 0.327. The van der Waals surface area contributed by atoms with Gasteiger partial charge in [0.2, 0.25) is 5.91 Å². The lowest BCUT2D eigenvalue weighted by Crippen LogP contribution is -2.12. The van der Waals surface area contributed by atoms with Crippen LogP contribution in [-0.2, 0) is 11.8 Å². The summed E-state index contributed by atoms with van der Waals surface area (Å²) in [5, 5.41) is 15.3. The van der Waals surface area contributed by atoms with Crippen LogP contribution in [-0.4, -0.2) is 31.6 Å². The minimum absolute atomic E-state index is 0.0693. The fraction of sp³-hybridized carbons (Fsp3) is 0.250. The van der Waals surface area contributed by atoms with E-state index >= 15 is 0 Å². The molecule has 25 heavy (non-hydrogen) atoms. The van der Waals surface area contributed by atoms with Gasteiger partial charge in [-0.05, 0) is 37.3 Å². The molecule has 3 aromatic rings. The first-order valence-electron chi connectivity index (χ1n) is 7.54. The summed E-state index contributed by atoms with van der Waals surface area (Å²) in [5.74, 6) is 0.719. The van der Waals surface area contributed by atoms with E-state index in [1.165, 1.54) is 0 Å². The highest BCUT2D eigenvalue weighted by molar-refractivity contribution is 7.99. The summed E-state index contributed by atoms with van der Waals surface area (Å²) in [6.45, 7) is 1.92. The van der Waals surface area contributed by atoms with Gasteiger partial charge < -0.3 is 4.42 Å². The van der Waals surface area contributed by atoms with Gasteiger partial charge in [0.05, 0.1) is 0 Å². The van der Waals surface area contributed by atoms with Crippen molar-refractivity contribution >= 4 is 35.3 Å². The van der Waals surface area contributed by atoms with Crippen molar-refractivity contribution in [1.82, 2.24) is 20.0 Å². The lowest BCUT2D eigenvalue weighted by atomic mass is 10.4. The van der Waals surface area contributed by atoms with E-state index in [0.29, 0.717) is 22.9 Å². The minimum Gasteiger partial charge on any atom is -0.401 e. The van der Waals surface area contributed by atoms with Crippen LogP contribution < -0.4 is 5.32 Å². The van der Waals surface area contributed by atoms with Crippen molar-refractivity contribution in [1.29, 1.82) is 0 Å². The number of aromatic nitrogens is 4. The van der Waals surface area contributed by atoms with Gasteiger partial charge in [0.1, 0.15) is 5.69 Å². The Labute approximate surface area is 153 Å². The lowest BCUT2D eigenvalue weighted by molar-refractivity contribution is -0.115. The highest BCUT2D eigenvalue weighted by Gasteiger charge is 2.14. The van der Waals surface area contributed by atoms with Gasteiger partial charge >= 0.3 is 6.01 Å². The summed E-state index contributed by atoms with van der Waals surface area (Å²) >= 11 is 7.42. The largest absolute Gasteiger partial charge is 0.401 e. The molecule has 0 atom stereocenters. The normalized spacial score (nSPS) is 10.8. The third-order valence-electron chi connectivity index (χ3n) is 3.42. The van der Waals surface area contributed by atoms with Crippen LogP contribution in [0.3, 0.4) is 0 Å². The molecule has 2 heterocycles. The van der Waals surface area contributed by atoms with Gasteiger partial charge in [-0.3, -0.25) is 14.8 Å². The molecule has 0 unspecified atom stereocenters. The molecule has 0 bridgehead atoms. The molecule has 0 fully saturated rings. The number of hydrogen-bond donors (Lipinski definition) is 1. The van der Waals surface area contributed by atoms with Crippen molar-refractivity contribution in [3.63, 3.8) is 0 Å². The molecule has 2 aromatic heterocycles. The zero-order valence-electron chi connectivity index (χ0n) is 13.7. The molecule has 7 nitrogen and oxygen atoms in total. The quantitative estimate of drug-likeness (QED) is 0.661. The van der Waals surface area contributed by atoms with E-state index in [2.05, 4.69) is 20.6 Å². The molecule has 0 spiro atoms. The topological polar surface area (TPSA) is 85.8 Å². The number of nitrogens with one attached hydrogen (secondary N) is 1. The van der Waals surface area contributed by atoms with Crippen LogP contribution in [0.4, 0.5) is 6.01 Å². The maximum atomic E-state index is 12.0. The number of aryl methyl sites for hydroxylation is 2. The molecule has 130 valence electrons. The monoisotopic (exact) mass is 377 g/mol. The Morgan fingerprint density at radius 2 is 2.08 bits per heavy atom. The molecule has 0 aliphatic rings. The smallest absolute Gasteiger partial charge is 0.322 e. The highest BCUT2D eigenvalue weighted by atomic mass is 35.5. The Balaban J connectivity index is 1.50. The fourth-order valence-corrected chi connectivity index (χ4v) is 2.99. The Morgan fingerprint density at radius 1 is 1.32 bits per heavy atom. The second kappa shape index (κ2) is 7.71. The van der Waals surface area contributed by atoms with E-state index in [-0.39, 0.29) is 17.8 Å². The molecular weight excluding hydrogens is 362 g/mol. The van der Waals surface area contributed by atoms with E-state index in [0.717, 1.165) is 10.6 Å². The predicted octanol–water partition coefficient (Wildman–Crippen LogP) is 3.55. The van der Waals surface area contributed by atoms with Crippen LogP contribution in [0.5, 0.6) is 0 Å². The van der Waals surface area contributed by atoms with Gasteiger partial charge in [-0.1, -0.05) is 16.7 Å². The first-order valence-corrected chi connectivity index (χ1v) is 8.90. The van der Waals surface area contributed by atoms with Crippen LogP contribution in [0.2, 0.25) is 5.02 Å². The molecule has 9 heteroatoms. The van der Waals surface area contributed by atoms with E-state index in [1.807, 2.05) is 44.3 Å². The SMILES string of the molecule is Cc1cc(-c2nnc(NC(=O)CCSc3ccc(Cl)cc3)o2)nn1C. The number of hydrogen-bond acceptors (Lipinski definition) is 6. The number of rotatable bonds is 6. The standard InChI is InChI=1S/C16H16ClN5O2S/c1-10-9-13(21-22(10)2)15-19-20-16(24-15)18-14(23)7-8-25-12-5-3-11(17)4-6-12/h3-6,9H,7-8H2,1-2H3,(H,18,20,23). The number of nitrogens with zero attached hydrogens (tertiary/aromatic N) is 4. The van der Waals surface area contributed by atoms with Gasteiger partial charge in [0.15, 0.2) is 0 Å². The first kappa shape index (κ1) is 17.5. The molecule has 0 saturated heterocycles. The van der Waals surface area contributed by atoms with E-state index in [1.54, 1.807) is 16.4 Å². The number of amides is 1. The van der Waals surface area contributed by atoms with E-state index < -0.39 is 0 Å². The van der Waals surface area contributed by atoms with Crippen molar-refractivity contribution in [2.75, 3.05) is 11.1 Å². The van der Waals surface area contributed by atoms with Crippen molar-refractivity contribution < 1.29 is 9.21 Å². The van der Waals surface area contributed by atoms with Crippen molar-refractivity contribution in [2.24, 2.45) is 7.05 Å². The number of carbonyl (C=O) groups excluding carboxylic acids is 1. The van der Waals surface area contributed by atoms with Crippen molar-refractivity contribution in [3.05, 3.63) is 41.0 Å². The zero-order valence-corrected chi connectivity index (χ0v) is 15.3. The Bertz CT molecular complexity index is 856. The molecule has 1 aromatic carbocycles. The number of thioether (sulfide) groups is 1. The van der Waals surface area contributed by atoms with Gasteiger partial charge in [0, 0.05) is 34.8 Å². The Morgan fingerprint density at radius 3 is 2.76 bits per heavy atom. The molecule has 1 amide bonds. The molecule has 0 radical (unpaired) electrons. The second-order valence-electron chi connectivity index (χ2n) is 5.31. The van der Waals surface area contributed by atoms with E-state index in [9.17, 15) is 4.79 Å². The third kappa shape index (κ3) is 4.61. The summed E-state index contributed by atoms with van der Waals surface area (Å²) in [4.78, 5) is 13.0. The predicted molar refractivity (Wildman–Crippen MR) is 96.7 cm³/mol. The highest BCUT2D eigenvalue weighted by Crippen LogP contribution is 2.22. The van der Waals surface area contributed by atoms with Crippen LogP contribution in [0, 0.1) is 6.92 Å². The third-order valence-corrected chi connectivity index (χ3v) is 4.68. The Kier molecular flexibility index (Phi) is 5.40. The summed E-state index contributed by atoms with van der Waals surface area (Å²) < 4.78 is 7.15. The average molecular weight is 378 g/mol. The number of benzene rings is 1. The molecule has 0 aliphatic heterocycles. The molecule has 1 N–H and O–H groups in total. The number of carbonyl (C=O) groups is 1.